The summed E-state index contributed by atoms with van der Waals surface area (Å²) in [5.74, 6) is 1.23. The molecule has 74 valence electrons. The summed E-state index contributed by atoms with van der Waals surface area (Å²) in [5, 5.41) is 4.04. The van der Waals surface area contributed by atoms with E-state index in [9.17, 15) is 0 Å². The third kappa shape index (κ3) is 1.42. The molecule has 0 aromatic carbocycles. The predicted molar refractivity (Wildman–Crippen MR) is 51.3 cm³/mol. The molecule has 2 heterocycles. The molecule has 0 aliphatic heterocycles. The summed E-state index contributed by atoms with van der Waals surface area (Å²) < 4.78 is 7.20. The second kappa shape index (κ2) is 3.26. The molecule has 0 aliphatic carbocycles. The van der Waals surface area contributed by atoms with Crippen LogP contribution >= 0.6 is 0 Å². The fourth-order valence-electron chi connectivity index (χ4n) is 1.23. The molecule has 1 atom stereocenters. The van der Waals surface area contributed by atoms with Gasteiger partial charge in [-0.3, -0.25) is 4.68 Å². The maximum atomic E-state index is 5.64. The maximum absolute atomic E-state index is 5.64. The predicted octanol–water partition coefficient (Wildman–Crippen LogP) is 1.09. The minimum absolute atomic E-state index is 0.183. The number of hydrogen-bond acceptors (Lipinski definition) is 4. The zero-order chi connectivity index (χ0) is 10.1. The molecule has 2 N–H and O–H groups in total. The van der Waals surface area contributed by atoms with Crippen LogP contribution in [0.25, 0.3) is 11.5 Å². The van der Waals surface area contributed by atoms with Gasteiger partial charge < -0.3 is 10.2 Å². The van der Waals surface area contributed by atoms with Gasteiger partial charge in [-0.2, -0.15) is 5.10 Å². The second-order valence-electron chi connectivity index (χ2n) is 3.19. The van der Waals surface area contributed by atoms with Crippen molar-refractivity contribution in [3.63, 3.8) is 0 Å². The van der Waals surface area contributed by atoms with Crippen molar-refractivity contribution in [1.29, 1.82) is 0 Å². The van der Waals surface area contributed by atoms with Crippen LogP contribution in [0.3, 0.4) is 0 Å². The van der Waals surface area contributed by atoms with E-state index >= 15 is 0 Å². The van der Waals surface area contributed by atoms with Gasteiger partial charge in [-0.1, -0.05) is 0 Å². The van der Waals surface area contributed by atoms with Gasteiger partial charge in [-0.15, -0.1) is 0 Å². The topological polar surface area (TPSA) is 69.9 Å². The average molecular weight is 192 g/mol. The fourth-order valence-corrected chi connectivity index (χ4v) is 1.23. The molecule has 14 heavy (non-hydrogen) atoms. The third-order valence-corrected chi connectivity index (χ3v) is 1.99. The highest BCUT2D eigenvalue weighted by molar-refractivity contribution is 5.50. The smallest absolute Gasteiger partial charge is 0.211 e. The normalized spacial score (nSPS) is 13.1. The quantitative estimate of drug-likeness (QED) is 0.773. The first-order chi connectivity index (χ1) is 6.68. The van der Waals surface area contributed by atoms with Gasteiger partial charge in [-0.25, -0.2) is 4.98 Å². The van der Waals surface area contributed by atoms with Gasteiger partial charge in [0.05, 0.1) is 12.2 Å². The van der Waals surface area contributed by atoms with Crippen LogP contribution in [0.15, 0.2) is 22.9 Å². The van der Waals surface area contributed by atoms with Gasteiger partial charge in [0, 0.05) is 13.2 Å². The standard InChI is InChI=1S/C9H12N4O/c1-6(10)9-11-5-8(14-9)7-3-4-12-13(7)2/h3-6H,10H2,1-2H3. The fraction of sp³-hybridized carbons (Fsp3) is 0.333. The highest BCUT2D eigenvalue weighted by atomic mass is 16.4. The number of nitrogens with zero attached hydrogens (tertiary/aromatic N) is 3. The first-order valence-corrected chi connectivity index (χ1v) is 4.38. The van der Waals surface area contributed by atoms with Crippen molar-refractivity contribution in [2.45, 2.75) is 13.0 Å². The Labute approximate surface area is 81.5 Å². The van der Waals surface area contributed by atoms with E-state index in [0.29, 0.717) is 11.7 Å². The van der Waals surface area contributed by atoms with E-state index in [1.165, 1.54) is 0 Å². The van der Waals surface area contributed by atoms with E-state index < -0.39 is 0 Å². The molecule has 0 amide bonds. The lowest BCUT2D eigenvalue weighted by molar-refractivity contribution is 0.470. The highest BCUT2D eigenvalue weighted by Crippen LogP contribution is 2.20. The Morgan fingerprint density at radius 3 is 2.86 bits per heavy atom. The first kappa shape index (κ1) is 8.96. The molecule has 0 fully saturated rings. The zero-order valence-corrected chi connectivity index (χ0v) is 8.14. The lowest BCUT2D eigenvalue weighted by atomic mass is 10.3. The van der Waals surface area contributed by atoms with Crippen LogP contribution in [0.1, 0.15) is 18.9 Å². The zero-order valence-electron chi connectivity index (χ0n) is 8.14. The number of aryl methyl sites for hydroxylation is 1. The minimum Gasteiger partial charge on any atom is -0.437 e. The average Bonchev–Trinajstić information content (AvgIpc) is 2.71. The number of nitrogens with two attached hydrogens (primary N) is 1. The van der Waals surface area contributed by atoms with E-state index in [0.717, 1.165) is 5.69 Å². The van der Waals surface area contributed by atoms with Crippen molar-refractivity contribution in [3.8, 4) is 11.5 Å². The molecule has 5 heteroatoms. The SMILES string of the molecule is CC(N)c1ncc(-c2ccnn2C)o1. The molecule has 2 aromatic rings. The maximum Gasteiger partial charge on any atom is 0.211 e. The Balaban J connectivity index is 2.39. The molecular formula is C9H12N4O. The van der Waals surface area contributed by atoms with Gasteiger partial charge in [0.25, 0.3) is 0 Å². The molecule has 5 nitrogen and oxygen atoms in total. The number of oxazole rings is 1. The summed E-state index contributed by atoms with van der Waals surface area (Å²) in [7, 11) is 1.85. The summed E-state index contributed by atoms with van der Waals surface area (Å²) >= 11 is 0. The van der Waals surface area contributed by atoms with E-state index in [1.807, 2.05) is 20.0 Å². The van der Waals surface area contributed by atoms with Gasteiger partial charge in [0.2, 0.25) is 5.89 Å². The van der Waals surface area contributed by atoms with Crippen LogP contribution in [0.4, 0.5) is 0 Å². The molecule has 0 bridgehead atoms. The van der Waals surface area contributed by atoms with Gasteiger partial charge >= 0.3 is 0 Å². The van der Waals surface area contributed by atoms with Gasteiger partial charge in [0.1, 0.15) is 5.69 Å². The summed E-state index contributed by atoms with van der Waals surface area (Å²) in [6, 6.07) is 1.68. The van der Waals surface area contributed by atoms with E-state index in [-0.39, 0.29) is 6.04 Å². The van der Waals surface area contributed by atoms with Gasteiger partial charge in [0.15, 0.2) is 5.76 Å². The van der Waals surface area contributed by atoms with Crippen molar-refractivity contribution >= 4 is 0 Å². The Kier molecular flexibility index (Phi) is 2.09. The summed E-state index contributed by atoms with van der Waals surface area (Å²) in [4.78, 5) is 4.08. The third-order valence-electron chi connectivity index (χ3n) is 1.99. The summed E-state index contributed by atoms with van der Waals surface area (Å²) in [6.45, 7) is 1.83. The Hall–Kier alpha value is -1.62. The molecule has 2 aromatic heterocycles. The molecule has 0 radical (unpaired) electrons. The molecule has 0 saturated carbocycles. The van der Waals surface area contributed by atoms with Crippen LogP contribution in [-0.2, 0) is 7.05 Å². The van der Waals surface area contributed by atoms with Crippen molar-refractivity contribution in [2.75, 3.05) is 0 Å². The molecule has 0 saturated heterocycles. The van der Waals surface area contributed by atoms with Crippen LogP contribution < -0.4 is 5.73 Å². The van der Waals surface area contributed by atoms with E-state index in [4.69, 9.17) is 10.2 Å². The second-order valence-corrected chi connectivity index (χ2v) is 3.19. The highest BCUT2D eigenvalue weighted by Gasteiger charge is 2.11. The Bertz CT molecular complexity index is 429. The molecule has 0 spiro atoms. The van der Waals surface area contributed by atoms with Crippen LogP contribution in [0.5, 0.6) is 0 Å². The van der Waals surface area contributed by atoms with Crippen LogP contribution in [0.2, 0.25) is 0 Å². The first-order valence-electron chi connectivity index (χ1n) is 4.38. The molecule has 0 aliphatic rings. The largest absolute Gasteiger partial charge is 0.437 e. The molecular weight excluding hydrogens is 180 g/mol. The van der Waals surface area contributed by atoms with Gasteiger partial charge in [-0.05, 0) is 13.0 Å². The lowest BCUT2D eigenvalue weighted by Crippen LogP contribution is -2.04. The molecule has 2 rings (SSSR count). The number of hydrogen-bond donors (Lipinski definition) is 1. The number of aromatic nitrogens is 3. The van der Waals surface area contributed by atoms with E-state index in [2.05, 4.69) is 10.1 Å². The lowest BCUT2D eigenvalue weighted by Gasteiger charge is -1.98. The minimum atomic E-state index is -0.183. The summed E-state index contributed by atoms with van der Waals surface area (Å²) in [5.41, 5.74) is 6.53. The monoisotopic (exact) mass is 192 g/mol. The van der Waals surface area contributed by atoms with Crippen molar-refractivity contribution in [3.05, 3.63) is 24.4 Å². The van der Waals surface area contributed by atoms with Crippen molar-refractivity contribution < 1.29 is 4.42 Å². The van der Waals surface area contributed by atoms with Crippen molar-refractivity contribution in [2.24, 2.45) is 12.8 Å². The van der Waals surface area contributed by atoms with E-state index in [1.54, 1.807) is 17.1 Å². The van der Waals surface area contributed by atoms with Crippen LogP contribution in [0, 0.1) is 0 Å². The van der Waals surface area contributed by atoms with Crippen LogP contribution in [-0.4, -0.2) is 14.8 Å². The van der Waals surface area contributed by atoms with Crippen molar-refractivity contribution in [1.82, 2.24) is 14.8 Å². The molecule has 1 unspecified atom stereocenters. The number of rotatable bonds is 2. The Morgan fingerprint density at radius 1 is 1.57 bits per heavy atom. The summed E-state index contributed by atoms with van der Waals surface area (Å²) in [6.07, 6.45) is 3.37. The Morgan fingerprint density at radius 2 is 2.36 bits per heavy atom.